The summed E-state index contributed by atoms with van der Waals surface area (Å²) < 4.78 is 52.1. The van der Waals surface area contributed by atoms with Crippen molar-refractivity contribution < 1.29 is 67.9 Å². The molecule has 0 aliphatic carbocycles. The van der Waals surface area contributed by atoms with E-state index in [0.717, 1.165) is 37.7 Å². The molecule has 3 spiro atoms. The van der Waals surface area contributed by atoms with Crippen LogP contribution < -0.4 is 0 Å². The molecule has 0 saturated carbocycles. The highest BCUT2D eigenvalue weighted by Crippen LogP contribution is 2.48. The number of aliphatic carboxylic acids is 1. The lowest BCUT2D eigenvalue weighted by Crippen LogP contribution is -2.60. The molecule has 8 rings (SSSR count). The van der Waals surface area contributed by atoms with Gasteiger partial charge in [-0.2, -0.15) is 0 Å². The van der Waals surface area contributed by atoms with Gasteiger partial charge in [-0.3, -0.25) is 0 Å². The van der Waals surface area contributed by atoms with E-state index in [2.05, 4.69) is 30.5 Å². The standard InChI is InChI=1S/C51H71N3O14/c1-29-25-40(66-51(27-29)41(16-15-37(65-51)28-48(6,60)47(58)59)63-46(57)34-10-12-35(13-11-34)53-54-52)30(2)9-14-36-18-22-50(64-36)23-19-39-45(68-50)42(56)33(5)44(62-39)38(55)26-32(4)43-31(3)17-21-49(67-43)20-7-8-24-61-49/h9-14,27,30-32,36-45,55-56,60H,5,7-8,15-26,28H2,1-4,6H3,(H,58,59)/t30-,31-,32+,36+,37+,38+,39-,40+,41-,42-,43+,44+,45-,48-,49+,50-,51-/m1/s1. The van der Waals surface area contributed by atoms with Crippen LogP contribution in [0.3, 0.4) is 0 Å². The lowest BCUT2D eigenvalue weighted by atomic mass is 9.79. The number of carbonyl (C=O) groups is 2. The van der Waals surface area contributed by atoms with E-state index in [1.54, 1.807) is 6.08 Å². The summed E-state index contributed by atoms with van der Waals surface area (Å²) in [6, 6.07) is 6.02. The van der Waals surface area contributed by atoms with Crippen LogP contribution in [-0.4, -0.2) is 123 Å². The average Bonchev–Trinajstić information content (AvgIpc) is 3.70. The molecule has 17 nitrogen and oxygen atoms in total. The van der Waals surface area contributed by atoms with Crippen LogP contribution in [0.5, 0.6) is 0 Å². The molecule has 4 N–H and O–H groups in total. The third-order valence-corrected chi connectivity index (χ3v) is 15.5. The molecule has 1 aromatic carbocycles. The van der Waals surface area contributed by atoms with Crippen LogP contribution >= 0.6 is 0 Å². The normalized spacial score (nSPS) is 39.6. The third kappa shape index (κ3) is 10.9. The number of azide groups is 1. The Balaban J connectivity index is 0.886. The Bertz CT molecular complexity index is 2100. The number of rotatable bonds is 13. The Morgan fingerprint density at radius 2 is 1.76 bits per heavy atom. The summed E-state index contributed by atoms with van der Waals surface area (Å²) >= 11 is 0. The number of fused-ring (bicyclic) bond motifs is 1. The van der Waals surface area contributed by atoms with Gasteiger partial charge in [-0.15, -0.1) is 0 Å². The van der Waals surface area contributed by atoms with Crippen molar-refractivity contribution in [2.45, 2.75) is 209 Å². The summed E-state index contributed by atoms with van der Waals surface area (Å²) in [6.07, 6.45) is 8.17. The molecule has 0 aromatic heterocycles. The molecule has 6 saturated heterocycles. The Morgan fingerprint density at radius 1 is 1.01 bits per heavy atom. The van der Waals surface area contributed by atoms with Gasteiger partial charge in [0.15, 0.2) is 23.3 Å². The molecule has 7 aliphatic heterocycles. The van der Waals surface area contributed by atoms with E-state index in [9.17, 15) is 30.0 Å². The van der Waals surface area contributed by atoms with E-state index in [1.165, 1.54) is 31.2 Å². The molecular weight excluding hydrogens is 879 g/mol. The van der Waals surface area contributed by atoms with Crippen LogP contribution in [0.1, 0.15) is 135 Å². The van der Waals surface area contributed by atoms with Crippen molar-refractivity contribution in [3.05, 3.63) is 76.2 Å². The van der Waals surface area contributed by atoms with Crippen molar-refractivity contribution in [2.24, 2.45) is 22.9 Å². The number of aliphatic hydroxyl groups is 3. The fourth-order valence-corrected chi connectivity index (χ4v) is 11.6. The highest BCUT2D eigenvalue weighted by Gasteiger charge is 2.55. The van der Waals surface area contributed by atoms with E-state index in [0.29, 0.717) is 68.7 Å². The van der Waals surface area contributed by atoms with Crippen LogP contribution in [0.4, 0.5) is 5.69 Å². The van der Waals surface area contributed by atoms with Gasteiger partial charge in [-0.25, -0.2) is 9.59 Å². The number of hydrogen-bond acceptors (Lipinski definition) is 14. The van der Waals surface area contributed by atoms with Crippen LogP contribution in [0.25, 0.3) is 10.4 Å². The summed E-state index contributed by atoms with van der Waals surface area (Å²) in [5.41, 5.74) is 8.60. The predicted octanol–water partition coefficient (Wildman–Crippen LogP) is 8.02. The van der Waals surface area contributed by atoms with Gasteiger partial charge < -0.3 is 58.3 Å². The van der Waals surface area contributed by atoms with E-state index in [-0.39, 0.29) is 42.4 Å². The molecule has 0 radical (unpaired) electrons. The monoisotopic (exact) mass is 949 g/mol. The first-order valence-electron chi connectivity index (χ1n) is 24.7. The molecule has 17 heteroatoms. The van der Waals surface area contributed by atoms with Crippen molar-refractivity contribution >= 4 is 17.6 Å². The number of carboxylic acids is 1. The second-order valence-electron chi connectivity index (χ2n) is 21.0. The van der Waals surface area contributed by atoms with Gasteiger partial charge in [0.1, 0.15) is 18.3 Å². The largest absolute Gasteiger partial charge is 0.479 e. The first-order valence-corrected chi connectivity index (χ1v) is 24.7. The predicted molar refractivity (Wildman–Crippen MR) is 246 cm³/mol. The van der Waals surface area contributed by atoms with Crippen molar-refractivity contribution in [3.8, 4) is 0 Å². The number of carboxylic acid groups (broad SMARTS) is 1. The lowest BCUT2D eigenvalue weighted by molar-refractivity contribution is -0.320. The Kier molecular flexibility index (Phi) is 15.3. The Labute approximate surface area is 398 Å². The second kappa shape index (κ2) is 20.6. The topological polar surface area (TPSA) is 238 Å². The van der Waals surface area contributed by atoms with Crippen molar-refractivity contribution in [2.75, 3.05) is 6.61 Å². The molecule has 17 atom stereocenters. The van der Waals surface area contributed by atoms with Crippen LogP contribution in [-0.2, 0) is 42.7 Å². The summed E-state index contributed by atoms with van der Waals surface area (Å²) in [7, 11) is 0. The summed E-state index contributed by atoms with van der Waals surface area (Å²) in [5, 5.41) is 47.2. The molecule has 0 bridgehead atoms. The quantitative estimate of drug-likeness (QED) is 0.0482. The van der Waals surface area contributed by atoms with Gasteiger partial charge in [-0.1, -0.05) is 62.3 Å². The molecule has 7 aliphatic rings. The molecular formula is C51H71N3O14. The van der Waals surface area contributed by atoms with E-state index in [4.69, 9.17) is 43.4 Å². The fourth-order valence-electron chi connectivity index (χ4n) is 11.6. The van der Waals surface area contributed by atoms with Crippen molar-refractivity contribution in [1.29, 1.82) is 0 Å². The van der Waals surface area contributed by atoms with Gasteiger partial charge in [0.2, 0.25) is 5.79 Å². The van der Waals surface area contributed by atoms with Crippen molar-refractivity contribution in [1.82, 2.24) is 0 Å². The minimum Gasteiger partial charge on any atom is -0.479 e. The summed E-state index contributed by atoms with van der Waals surface area (Å²) in [5.74, 6) is -4.90. The zero-order chi connectivity index (χ0) is 48.6. The third-order valence-electron chi connectivity index (χ3n) is 15.5. The maximum atomic E-state index is 13.5. The first kappa shape index (κ1) is 50.7. The van der Waals surface area contributed by atoms with E-state index in [1.807, 2.05) is 26.0 Å². The number of hydrogen-bond donors (Lipinski definition) is 4. The smallest absolute Gasteiger partial charge is 0.338 e. The number of benzene rings is 1. The SMILES string of the molecule is C=C1[C@@H](O)[C@@H]2O[C@]3(CC[C@H](C=C[C@@H](C)[C@@H]4CC(C)=C[C@@]5(O[C@H](C[C@@](C)(O)C(=O)O)CC[C@H]5OC(=O)c5ccc(N=[N+]=[N-])cc5)O4)O3)CC[C@H]2O[C@@H]1[C@@H](O)C[C@H](C)[C@H]1O[C@@]2(CCCCO2)CC[C@H]1C. The Morgan fingerprint density at radius 3 is 2.49 bits per heavy atom. The van der Waals surface area contributed by atoms with Gasteiger partial charge in [-0.05, 0) is 113 Å². The molecule has 0 unspecified atom stereocenters. The number of aliphatic hydroxyl groups excluding tert-OH is 2. The molecule has 68 heavy (non-hydrogen) atoms. The number of esters is 1. The zero-order valence-corrected chi connectivity index (χ0v) is 40.1. The molecule has 374 valence electrons. The minimum atomic E-state index is -2.06. The molecule has 6 fully saturated rings. The van der Waals surface area contributed by atoms with Gasteiger partial charge in [0, 0.05) is 48.6 Å². The number of ether oxygens (including phenoxy) is 8. The minimum absolute atomic E-state index is 0.0255. The highest BCUT2D eigenvalue weighted by molar-refractivity contribution is 5.90. The van der Waals surface area contributed by atoms with Crippen LogP contribution in [0.2, 0.25) is 0 Å². The fraction of sp³-hybridized carbons (Fsp3) is 0.725. The maximum absolute atomic E-state index is 13.5. The lowest BCUT2D eigenvalue weighted by Gasteiger charge is -2.50. The summed E-state index contributed by atoms with van der Waals surface area (Å²) in [4.78, 5) is 28.2. The number of nitrogens with zero attached hydrogens (tertiary/aromatic N) is 3. The van der Waals surface area contributed by atoms with Gasteiger partial charge in [0.25, 0.3) is 0 Å². The van der Waals surface area contributed by atoms with E-state index < -0.39 is 83.7 Å². The van der Waals surface area contributed by atoms with Crippen LogP contribution in [0, 0.1) is 17.8 Å². The van der Waals surface area contributed by atoms with Gasteiger partial charge >= 0.3 is 11.9 Å². The highest BCUT2D eigenvalue weighted by atomic mass is 16.7. The summed E-state index contributed by atoms with van der Waals surface area (Å²) in [6.45, 7) is 14.4. The second-order valence-corrected chi connectivity index (χ2v) is 21.0. The first-order chi connectivity index (χ1) is 32.3. The maximum Gasteiger partial charge on any atom is 0.338 e. The zero-order valence-electron chi connectivity index (χ0n) is 40.1. The molecule has 1 aromatic rings. The van der Waals surface area contributed by atoms with Crippen LogP contribution in [0.15, 0.2) is 65.3 Å². The van der Waals surface area contributed by atoms with E-state index >= 15 is 0 Å². The Hall–Kier alpha value is -3.71. The van der Waals surface area contributed by atoms with Crippen molar-refractivity contribution in [3.63, 3.8) is 0 Å². The number of carbonyl (C=O) groups excluding carboxylic acids is 1. The molecule has 0 amide bonds. The van der Waals surface area contributed by atoms with Gasteiger partial charge in [0.05, 0.1) is 48.8 Å². The average molecular weight is 950 g/mol. The molecule has 7 heterocycles.